The number of para-hydroxylation sites is 1. The Morgan fingerprint density at radius 2 is 1.76 bits per heavy atom. The molecule has 11 heteroatoms. The summed E-state index contributed by atoms with van der Waals surface area (Å²) in [7, 11) is 0.451. The molecule has 6 unspecified atom stereocenters. The van der Waals surface area contributed by atoms with Gasteiger partial charge in [-0.15, -0.1) is 0 Å². The lowest BCUT2D eigenvalue weighted by Crippen LogP contribution is -2.61. The molecular weight excluding hydrogens is 659 g/mol. The van der Waals surface area contributed by atoms with Crippen LogP contribution < -0.4 is 10.1 Å². The summed E-state index contributed by atoms with van der Waals surface area (Å²) in [5.41, 5.74) is 2.76. The van der Waals surface area contributed by atoms with Crippen molar-refractivity contribution in [2.24, 2.45) is 28.6 Å². The maximum Gasteiger partial charge on any atom is 0.387 e. The fraction of sp³-hybridized carbons (Fsp3) is 0.667. The highest BCUT2D eigenvalue weighted by Crippen LogP contribution is 2.61. The number of amides is 1. The summed E-state index contributed by atoms with van der Waals surface area (Å²) in [5.74, 6) is 1.44. The van der Waals surface area contributed by atoms with Gasteiger partial charge >= 0.3 is 6.61 Å². The Morgan fingerprint density at radius 3 is 2.40 bits per heavy atom. The number of benzene rings is 2. The Labute approximate surface area is 299 Å². The quantitative estimate of drug-likeness (QED) is 0.233. The number of carbonyl (C=O) groups is 1. The molecule has 6 rings (SSSR count). The van der Waals surface area contributed by atoms with Crippen LogP contribution >= 0.6 is 0 Å². The van der Waals surface area contributed by atoms with Crippen molar-refractivity contribution in [2.45, 2.75) is 112 Å². The minimum Gasteiger partial charge on any atom is -0.434 e. The first-order chi connectivity index (χ1) is 23.3. The second-order valence-electron chi connectivity index (χ2n) is 17.1. The molecule has 3 saturated carbocycles. The van der Waals surface area contributed by atoms with Gasteiger partial charge in [-0.2, -0.15) is 13.1 Å². The third kappa shape index (κ3) is 9.06. The van der Waals surface area contributed by atoms with Crippen molar-refractivity contribution < 1.29 is 26.7 Å². The van der Waals surface area contributed by atoms with Gasteiger partial charge in [-0.05, 0) is 85.6 Å². The van der Waals surface area contributed by atoms with Gasteiger partial charge in [0.15, 0.2) is 0 Å². The third-order valence-electron chi connectivity index (χ3n) is 11.6. The predicted octanol–water partition coefficient (Wildman–Crippen LogP) is 6.75. The first kappa shape index (κ1) is 38.6. The van der Waals surface area contributed by atoms with E-state index in [1.807, 2.05) is 50.5 Å². The van der Waals surface area contributed by atoms with E-state index in [1.54, 1.807) is 12.1 Å². The largest absolute Gasteiger partial charge is 0.434 e. The molecule has 0 spiro atoms. The molecule has 4 aliphatic rings. The van der Waals surface area contributed by atoms with Crippen molar-refractivity contribution in [1.29, 1.82) is 0 Å². The molecule has 278 valence electrons. The molecule has 8 nitrogen and oxygen atoms in total. The molecule has 6 atom stereocenters. The standard InChI is InChI=1S/C39H58F2N4O4S/c1-26-32-19-30(39(32,5)6)20-33(26)42-36(46)34-16-17-50(47,48)45(34)23-28-13-11-12-27(18-28)22-44(31(25-43(7)8)21-38(2,3)4)24-29-14-9-10-15-35(29)49-37(40)41/h9-15,18,26,30-34,37H,16-17,19-25H2,1-8H3,(H,42,46). The van der Waals surface area contributed by atoms with E-state index >= 15 is 0 Å². The summed E-state index contributed by atoms with van der Waals surface area (Å²) in [6.07, 6.45) is 3.29. The van der Waals surface area contributed by atoms with E-state index in [2.05, 4.69) is 56.7 Å². The van der Waals surface area contributed by atoms with Crippen molar-refractivity contribution >= 4 is 15.9 Å². The molecule has 2 aromatic rings. The Morgan fingerprint density at radius 1 is 1.06 bits per heavy atom. The van der Waals surface area contributed by atoms with E-state index in [9.17, 15) is 22.0 Å². The average Bonchev–Trinajstić information content (AvgIpc) is 3.30. The van der Waals surface area contributed by atoms with Crippen LogP contribution in [0.3, 0.4) is 0 Å². The number of nitrogens with one attached hydrogen (secondary N) is 1. The monoisotopic (exact) mass is 716 g/mol. The van der Waals surface area contributed by atoms with Crippen LogP contribution in [0.4, 0.5) is 8.78 Å². The second-order valence-corrected chi connectivity index (χ2v) is 19.2. The van der Waals surface area contributed by atoms with Crippen LogP contribution in [0.2, 0.25) is 0 Å². The van der Waals surface area contributed by atoms with Crippen molar-refractivity contribution in [1.82, 2.24) is 19.4 Å². The molecule has 2 aromatic carbocycles. The molecule has 1 amide bonds. The fourth-order valence-corrected chi connectivity index (χ4v) is 10.6. The van der Waals surface area contributed by atoms with E-state index in [0.29, 0.717) is 41.8 Å². The number of alkyl halides is 2. The van der Waals surface area contributed by atoms with Crippen LogP contribution in [0.15, 0.2) is 48.5 Å². The number of ether oxygens (including phenoxy) is 1. The summed E-state index contributed by atoms with van der Waals surface area (Å²) in [5, 5.41) is 3.27. The number of carbonyl (C=O) groups excluding carboxylic acids is 1. The van der Waals surface area contributed by atoms with Crippen LogP contribution in [0, 0.1) is 28.6 Å². The highest BCUT2D eigenvalue weighted by Gasteiger charge is 2.56. The van der Waals surface area contributed by atoms with Gasteiger partial charge in [-0.25, -0.2) is 8.42 Å². The van der Waals surface area contributed by atoms with Crippen molar-refractivity contribution in [3.63, 3.8) is 0 Å². The number of likely N-dealkylation sites (N-methyl/N-ethyl adjacent to an activating group) is 1. The molecule has 1 N–H and O–H groups in total. The van der Waals surface area contributed by atoms with Gasteiger partial charge in [0.05, 0.1) is 5.75 Å². The zero-order valence-electron chi connectivity index (χ0n) is 31.2. The minimum atomic E-state index is -3.61. The summed E-state index contributed by atoms with van der Waals surface area (Å²) in [6.45, 7) is 12.3. The van der Waals surface area contributed by atoms with Gasteiger partial charge in [0, 0.05) is 43.8 Å². The number of halogens is 2. The lowest BCUT2D eigenvalue weighted by Gasteiger charge is -2.62. The van der Waals surface area contributed by atoms with Crippen LogP contribution in [-0.4, -0.2) is 79.6 Å². The van der Waals surface area contributed by atoms with E-state index in [0.717, 1.165) is 30.5 Å². The van der Waals surface area contributed by atoms with Gasteiger partial charge in [-0.3, -0.25) is 9.69 Å². The molecule has 0 radical (unpaired) electrons. The molecule has 1 saturated heterocycles. The zero-order valence-corrected chi connectivity index (χ0v) is 32.0. The number of hydrogen-bond acceptors (Lipinski definition) is 6. The number of fused-ring (bicyclic) bond motifs is 2. The van der Waals surface area contributed by atoms with E-state index in [-0.39, 0.29) is 47.9 Å². The van der Waals surface area contributed by atoms with Crippen LogP contribution in [-0.2, 0) is 34.5 Å². The summed E-state index contributed by atoms with van der Waals surface area (Å²) >= 11 is 0. The summed E-state index contributed by atoms with van der Waals surface area (Å²) < 4.78 is 59.7. The summed E-state index contributed by atoms with van der Waals surface area (Å²) in [4.78, 5) is 18.1. The number of hydrogen-bond donors (Lipinski definition) is 1. The fourth-order valence-electron chi connectivity index (χ4n) is 8.86. The van der Waals surface area contributed by atoms with Gasteiger partial charge in [0.25, 0.3) is 0 Å². The molecule has 3 aliphatic carbocycles. The number of rotatable bonds is 14. The second kappa shape index (κ2) is 15.2. The molecule has 50 heavy (non-hydrogen) atoms. The Bertz CT molecular complexity index is 1590. The van der Waals surface area contributed by atoms with Crippen LogP contribution in [0.25, 0.3) is 0 Å². The first-order valence-corrected chi connectivity index (χ1v) is 19.7. The molecule has 0 aromatic heterocycles. The minimum absolute atomic E-state index is 0.00548. The van der Waals surface area contributed by atoms with E-state index < -0.39 is 22.7 Å². The number of sulfonamides is 1. The van der Waals surface area contributed by atoms with Gasteiger partial charge in [0.2, 0.25) is 15.9 Å². The highest BCUT2D eigenvalue weighted by molar-refractivity contribution is 7.89. The molecule has 1 heterocycles. The molecule has 4 fully saturated rings. The van der Waals surface area contributed by atoms with E-state index in [4.69, 9.17) is 4.74 Å². The zero-order chi connectivity index (χ0) is 36.6. The lowest BCUT2D eigenvalue weighted by atomic mass is 9.45. The Hall–Kier alpha value is -2.60. The maximum absolute atomic E-state index is 13.7. The maximum atomic E-state index is 13.7. The molecular formula is C39H58F2N4O4S. The van der Waals surface area contributed by atoms with Crippen molar-refractivity contribution in [3.8, 4) is 5.75 Å². The highest BCUT2D eigenvalue weighted by atomic mass is 32.2. The first-order valence-electron chi connectivity index (χ1n) is 18.1. The van der Waals surface area contributed by atoms with Gasteiger partial charge < -0.3 is 15.0 Å². The van der Waals surface area contributed by atoms with Gasteiger partial charge in [0.1, 0.15) is 11.8 Å². The molecule has 1 aliphatic heterocycles. The average molecular weight is 717 g/mol. The van der Waals surface area contributed by atoms with Crippen molar-refractivity contribution in [2.75, 3.05) is 26.4 Å². The third-order valence-corrected chi connectivity index (χ3v) is 13.4. The number of nitrogens with zero attached hydrogens (tertiary/aromatic N) is 3. The van der Waals surface area contributed by atoms with Crippen LogP contribution in [0.5, 0.6) is 5.75 Å². The lowest BCUT2D eigenvalue weighted by molar-refractivity contribution is -0.136. The van der Waals surface area contributed by atoms with E-state index in [1.165, 1.54) is 10.7 Å². The summed E-state index contributed by atoms with van der Waals surface area (Å²) in [6, 6.07) is 14.2. The topological polar surface area (TPSA) is 82.2 Å². The van der Waals surface area contributed by atoms with Crippen molar-refractivity contribution in [3.05, 3.63) is 65.2 Å². The predicted molar refractivity (Wildman–Crippen MR) is 194 cm³/mol. The Kier molecular flexibility index (Phi) is 11.7. The molecule has 2 bridgehead atoms. The normalized spacial score (nSPS) is 26.6. The SMILES string of the molecule is CC1C(NC(=O)C2CCS(=O)(=O)N2Cc2cccc(CN(Cc3ccccc3OC(F)F)C(CN(C)C)CC(C)(C)C)c2)CC2CC1C2(C)C. The smallest absolute Gasteiger partial charge is 0.387 e. The van der Waals surface area contributed by atoms with Crippen LogP contribution in [0.1, 0.15) is 83.9 Å². The van der Waals surface area contributed by atoms with Gasteiger partial charge in [-0.1, -0.05) is 84.0 Å². The Balaban J connectivity index is 1.36.